The van der Waals surface area contributed by atoms with Crippen LogP contribution in [-0.4, -0.2) is 53.9 Å². The Morgan fingerprint density at radius 1 is 1.46 bits per heavy atom. The summed E-state index contributed by atoms with van der Waals surface area (Å²) in [6.45, 7) is 5.48. The molecule has 6 nitrogen and oxygen atoms in total. The molecule has 0 saturated carbocycles. The zero-order valence-electron chi connectivity index (χ0n) is 16.9. The summed E-state index contributed by atoms with van der Waals surface area (Å²) in [5, 5.41) is 7.86. The molecular weight excluding hydrogens is 418 g/mol. The standard InChI is InChI=1S/C21H30BrN5O/c1-4-16(10-17-6-5-7-19(22)11-17)12-24-21(23-2)27-8-9-28-20(15-27)18-13-25-26(3)14-18/h5-7,11,13-14,16,20H,4,8-10,12,15H2,1-3H3,(H,23,24). The highest BCUT2D eigenvalue weighted by molar-refractivity contribution is 9.10. The lowest BCUT2D eigenvalue weighted by molar-refractivity contribution is -0.00808. The van der Waals surface area contributed by atoms with Gasteiger partial charge in [-0.15, -0.1) is 0 Å². The molecule has 7 heteroatoms. The van der Waals surface area contributed by atoms with Crippen molar-refractivity contribution in [2.75, 3.05) is 33.3 Å². The second-order valence-corrected chi connectivity index (χ2v) is 8.20. The van der Waals surface area contributed by atoms with Crippen LogP contribution in [0.2, 0.25) is 0 Å². The fourth-order valence-corrected chi connectivity index (χ4v) is 4.02. The number of halogens is 1. The molecular formula is C21H30BrN5O. The number of nitrogens with zero attached hydrogens (tertiary/aromatic N) is 4. The largest absolute Gasteiger partial charge is 0.370 e. The number of hydrogen-bond donors (Lipinski definition) is 1. The highest BCUT2D eigenvalue weighted by Crippen LogP contribution is 2.22. The van der Waals surface area contributed by atoms with Gasteiger partial charge in [0.05, 0.1) is 19.3 Å². The van der Waals surface area contributed by atoms with Crippen LogP contribution < -0.4 is 5.32 Å². The molecule has 1 aromatic carbocycles. The van der Waals surface area contributed by atoms with Crippen LogP contribution >= 0.6 is 15.9 Å². The van der Waals surface area contributed by atoms with E-state index in [1.54, 1.807) is 0 Å². The van der Waals surface area contributed by atoms with E-state index in [9.17, 15) is 0 Å². The Bertz CT molecular complexity index is 791. The second-order valence-electron chi connectivity index (χ2n) is 7.29. The molecule has 28 heavy (non-hydrogen) atoms. The van der Waals surface area contributed by atoms with E-state index in [0.29, 0.717) is 12.5 Å². The van der Waals surface area contributed by atoms with Crippen LogP contribution in [0.25, 0.3) is 0 Å². The van der Waals surface area contributed by atoms with E-state index in [1.165, 1.54) is 5.56 Å². The molecule has 1 fully saturated rings. The minimum absolute atomic E-state index is 0.0321. The van der Waals surface area contributed by atoms with Crippen LogP contribution in [0.15, 0.2) is 46.1 Å². The van der Waals surface area contributed by atoms with E-state index < -0.39 is 0 Å². The van der Waals surface area contributed by atoms with E-state index in [2.05, 4.69) is 67.4 Å². The van der Waals surface area contributed by atoms with Crippen molar-refractivity contribution in [1.82, 2.24) is 20.0 Å². The van der Waals surface area contributed by atoms with E-state index in [0.717, 1.165) is 48.5 Å². The molecule has 1 aromatic heterocycles. The van der Waals surface area contributed by atoms with Crippen LogP contribution in [0.4, 0.5) is 0 Å². The number of hydrogen-bond acceptors (Lipinski definition) is 3. The molecule has 152 valence electrons. The van der Waals surface area contributed by atoms with Gasteiger partial charge in [-0.2, -0.15) is 5.10 Å². The normalized spacial score (nSPS) is 18.9. The summed E-state index contributed by atoms with van der Waals surface area (Å²) < 4.78 is 8.91. The second kappa shape index (κ2) is 10.1. The van der Waals surface area contributed by atoms with Crippen molar-refractivity contribution in [2.45, 2.75) is 25.9 Å². The fourth-order valence-electron chi connectivity index (χ4n) is 3.58. The van der Waals surface area contributed by atoms with Crippen LogP contribution in [-0.2, 0) is 18.2 Å². The Kier molecular flexibility index (Phi) is 7.50. The van der Waals surface area contributed by atoms with Gasteiger partial charge in [0.1, 0.15) is 6.10 Å². The number of ether oxygens (including phenoxy) is 1. The number of morpholine rings is 1. The predicted octanol–water partition coefficient (Wildman–Crippen LogP) is 3.40. The molecule has 0 spiro atoms. The molecule has 2 atom stereocenters. The van der Waals surface area contributed by atoms with E-state index in [1.807, 2.05) is 31.2 Å². The molecule has 1 aliphatic heterocycles. The van der Waals surface area contributed by atoms with Crippen molar-refractivity contribution in [3.63, 3.8) is 0 Å². The van der Waals surface area contributed by atoms with Crippen LogP contribution in [0.3, 0.4) is 0 Å². The van der Waals surface area contributed by atoms with E-state index in [-0.39, 0.29) is 6.10 Å². The molecule has 0 amide bonds. The minimum Gasteiger partial charge on any atom is -0.370 e. The third kappa shape index (κ3) is 5.58. The zero-order valence-corrected chi connectivity index (χ0v) is 18.5. The first-order valence-corrected chi connectivity index (χ1v) is 10.7. The van der Waals surface area contributed by atoms with Crippen LogP contribution in [0.1, 0.15) is 30.6 Å². The number of rotatable bonds is 6. The Morgan fingerprint density at radius 3 is 3.00 bits per heavy atom. The first-order chi connectivity index (χ1) is 13.6. The molecule has 2 unspecified atom stereocenters. The average Bonchev–Trinajstić information content (AvgIpc) is 3.14. The number of aryl methyl sites for hydroxylation is 1. The van der Waals surface area contributed by atoms with Gasteiger partial charge in [-0.05, 0) is 30.0 Å². The number of guanidine groups is 1. The van der Waals surface area contributed by atoms with Crippen molar-refractivity contribution in [1.29, 1.82) is 0 Å². The lowest BCUT2D eigenvalue weighted by Gasteiger charge is -2.35. The number of aromatic nitrogens is 2. The van der Waals surface area contributed by atoms with Gasteiger partial charge in [-0.3, -0.25) is 9.67 Å². The van der Waals surface area contributed by atoms with Gasteiger partial charge in [-0.1, -0.05) is 41.4 Å². The van der Waals surface area contributed by atoms with Crippen molar-refractivity contribution < 1.29 is 4.74 Å². The van der Waals surface area contributed by atoms with Gasteiger partial charge < -0.3 is 15.0 Å². The molecule has 0 bridgehead atoms. The maximum atomic E-state index is 5.96. The Hall–Kier alpha value is -1.86. The summed E-state index contributed by atoms with van der Waals surface area (Å²) in [6.07, 6.45) is 6.12. The molecule has 0 radical (unpaired) electrons. The maximum Gasteiger partial charge on any atom is 0.193 e. The van der Waals surface area contributed by atoms with Gasteiger partial charge in [-0.25, -0.2) is 0 Å². The van der Waals surface area contributed by atoms with Crippen LogP contribution in [0, 0.1) is 5.92 Å². The molecule has 2 heterocycles. The molecule has 0 aliphatic carbocycles. The predicted molar refractivity (Wildman–Crippen MR) is 116 cm³/mol. The van der Waals surface area contributed by atoms with Gasteiger partial charge >= 0.3 is 0 Å². The summed E-state index contributed by atoms with van der Waals surface area (Å²) >= 11 is 3.57. The SMILES string of the molecule is CCC(CNC(=NC)N1CCOC(c2cnn(C)c2)C1)Cc1cccc(Br)c1. The Morgan fingerprint density at radius 2 is 2.32 bits per heavy atom. The summed E-state index contributed by atoms with van der Waals surface area (Å²) in [4.78, 5) is 6.80. The zero-order chi connectivity index (χ0) is 19.9. The first-order valence-electron chi connectivity index (χ1n) is 9.89. The van der Waals surface area contributed by atoms with Crippen molar-refractivity contribution in [3.05, 3.63) is 52.3 Å². The van der Waals surface area contributed by atoms with Crippen molar-refractivity contribution >= 4 is 21.9 Å². The first kappa shape index (κ1) is 20.9. The summed E-state index contributed by atoms with van der Waals surface area (Å²) in [5.74, 6) is 1.51. The minimum atomic E-state index is 0.0321. The Balaban J connectivity index is 1.57. The van der Waals surface area contributed by atoms with E-state index >= 15 is 0 Å². The third-order valence-electron chi connectivity index (χ3n) is 5.21. The molecule has 2 aromatic rings. The van der Waals surface area contributed by atoms with Gasteiger partial charge in [0.25, 0.3) is 0 Å². The summed E-state index contributed by atoms with van der Waals surface area (Å²) in [6, 6.07) is 8.58. The summed E-state index contributed by atoms with van der Waals surface area (Å²) in [5.41, 5.74) is 2.48. The van der Waals surface area contributed by atoms with Crippen molar-refractivity contribution in [3.8, 4) is 0 Å². The topological polar surface area (TPSA) is 54.7 Å². The molecule has 1 saturated heterocycles. The smallest absolute Gasteiger partial charge is 0.193 e. The number of benzene rings is 1. The van der Waals surface area contributed by atoms with Crippen molar-refractivity contribution in [2.24, 2.45) is 18.0 Å². The number of nitrogens with one attached hydrogen (secondary N) is 1. The third-order valence-corrected chi connectivity index (χ3v) is 5.71. The molecule has 1 N–H and O–H groups in total. The van der Waals surface area contributed by atoms with Gasteiger partial charge in [0, 0.05) is 43.4 Å². The molecule has 1 aliphatic rings. The lowest BCUT2D eigenvalue weighted by Crippen LogP contribution is -2.49. The number of aliphatic imine (C=N–C) groups is 1. The van der Waals surface area contributed by atoms with Gasteiger partial charge in [0.15, 0.2) is 5.96 Å². The van der Waals surface area contributed by atoms with Crippen LogP contribution in [0.5, 0.6) is 0 Å². The highest BCUT2D eigenvalue weighted by atomic mass is 79.9. The summed E-state index contributed by atoms with van der Waals surface area (Å²) in [7, 11) is 3.78. The fraction of sp³-hybridized carbons (Fsp3) is 0.524. The van der Waals surface area contributed by atoms with E-state index in [4.69, 9.17) is 4.74 Å². The highest BCUT2D eigenvalue weighted by Gasteiger charge is 2.25. The van der Waals surface area contributed by atoms with Gasteiger partial charge in [0.2, 0.25) is 0 Å². The lowest BCUT2D eigenvalue weighted by atomic mass is 9.97. The average molecular weight is 448 g/mol. The molecule has 3 rings (SSSR count). The monoisotopic (exact) mass is 447 g/mol. The quantitative estimate of drug-likeness (QED) is 0.544. The Labute approximate surface area is 176 Å². The maximum absolute atomic E-state index is 5.96.